The van der Waals surface area contributed by atoms with Crippen molar-refractivity contribution in [2.75, 3.05) is 50.8 Å². The maximum atomic E-state index is 12.2. The van der Waals surface area contributed by atoms with Crippen molar-refractivity contribution in [1.82, 2.24) is 15.5 Å². The van der Waals surface area contributed by atoms with Gasteiger partial charge in [-0.2, -0.15) is 0 Å². The van der Waals surface area contributed by atoms with Crippen LogP contribution in [0.15, 0.2) is 24.3 Å². The fraction of sp³-hybridized carbons (Fsp3) is 0.611. The van der Waals surface area contributed by atoms with E-state index in [0.717, 1.165) is 51.3 Å². The van der Waals surface area contributed by atoms with Gasteiger partial charge in [0, 0.05) is 38.3 Å². The second-order valence-electron chi connectivity index (χ2n) is 6.25. The number of nitrogens with one attached hydrogen (secondary N) is 2. The molecule has 0 atom stereocenters. The van der Waals surface area contributed by atoms with Gasteiger partial charge >= 0.3 is 0 Å². The molecule has 0 saturated carbocycles. The Kier molecular flexibility index (Phi) is 7.32. The van der Waals surface area contributed by atoms with E-state index in [0.29, 0.717) is 4.58 Å². The molecule has 1 aromatic rings. The summed E-state index contributed by atoms with van der Waals surface area (Å²) >= 11 is 4.03. The van der Waals surface area contributed by atoms with Crippen LogP contribution in [0, 0.1) is 0 Å². The Labute approximate surface area is 153 Å². The Morgan fingerprint density at radius 2 is 1.88 bits per heavy atom. The Hall–Kier alpha value is -0.690. The fourth-order valence-corrected chi connectivity index (χ4v) is 5.91. The number of piperazine rings is 1. The number of nitrogens with zero attached hydrogens (tertiary/aromatic N) is 1. The Morgan fingerprint density at radius 1 is 1.17 bits per heavy atom. The summed E-state index contributed by atoms with van der Waals surface area (Å²) in [5.41, 5.74) is 2.10. The second-order valence-corrected chi connectivity index (χ2v) is 8.97. The Bertz CT molecular complexity index is 512. The predicted octanol–water partition coefficient (Wildman–Crippen LogP) is 2.58. The van der Waals surface area contributed by atoms with Crippen molar-refractivity contribution in [2.45, 2.75) is 17.4 Å². The smallest absolute Gasteiger partial charge is 0.251 e. The lowest BCUT2D eigenvalue weighted by atomic mass is 10.1. The molecule has 6 heteroatoms. The molecular weight excluding hydrogens is 338 g/mol. The molecule has 132 valence electrons. The van der Waals surface area contributed by atoms with Gasteiger partial charge in [-0.1, -0.05) is 12.1 Å². The van der Waals surface area contributed by atoms with Gasteiger partial charge in [0.2, 0.25) is 0 Å². The molecule has 2 aliphatic rings. The van der Waals surface area contributed by atoms with Crippen molar-refractivity contribution in [1.29, 1.82) is 0 Å². The van der Waals surface area contributed by atoms with E-state index in [9.17, 15) is 4.79 Å². The number of hydrogen-bond acceptors (Lipinski definition) is 5. The summed E-state index contributed by atoms with van der Waals surface area (Å²) in [6.07, 6.45) is 2.32. The van der Waals surface area contributed by atoms with Crippen LogP contribution in [-0.2, 0) is 0 Å². The van der Waals surface area contributed by atoms with E-state index in [1.165, 1.54) is 23.5 Å². The van der Waals surface area contributed by atoms with Crippen molar-refractivity contribution in [3.05, 3.63) is 35.4 Å². The quantitative estimate of drug-likeness (QED) is 0.759. The average Bonchev–Trinajstić information content (AvgIpc) is 2.67. The molecule has 0 radical (unpaired) electrons. The van der Waals surface area contributed by atoms with E-state index >= 15 is 0 Å². The average molecular weight is 366 g/mol. The zero-order valence-corrected chi connectivity index (χ0v) is 15.8. The Balaban J connectivity index is 1.39. The third kappa shape index (κ3) is 5.41. The molecule has 0 unspecified atom stereocenters. The molecule has 4 nitrogen and oxygen atoms in total. The third-order valence-electron chi connectivity index (χ3n) is 4.42. The number of carbonyl (C=O) groups is 1. The van der Waals surface area contributed by atoms with Crippen LogP contribution in [0.4, 0.5) is 0 Å². The van der Waals surface area contributed by atoms with E-state index in [2.05, 4.69) is 27.7 Å². The first-order valence-electron chi connectivity index (χ1n) is 8.87. The van der Waals surface area contributed by atoms with Crippen molar-refractivity contribution in [2.24, 2.45) is 0 Å². The summed E-state index contributed by atoms with van der Waals surface area (Å²) in [7, 11) is 0. The SMILES string of the molecule is O=C(NCCCN1CCNCC1)c1ccc(C2SCCCS2)cc1. The molecule has 24 heavy (non-hydrogen) atoms. The molecule has 0 bridgehead atoms. The van der Waals surface area contributed by atoms with Crippen LogP contribution in [0.3, 0.4) is 0 Å². The molecule has 2 fully saturated rings. The first-order chi connectivity index (χ1) is 11.8. The molecule has 1 aromatic carbocycles. The van der Waals surface area contributed by atoms with Crippen LogP contribution in [-0.4, -0.2) is 61.6 Å². The molecular formula is C18H27N3OS2. The van der Waals surface area contributed by atoms with Crippen molar-refractivity contribution < 1.29 is 4.79 Å². The molecule has 3 rings (SSSR count). The lowest BCUT2D eigenvalue weighted by molar-refractivity contribution is 0.0951. The van der Waals surface area contributed by atoms with Crippen molar-refractivity contribution in [3.63, 3.8) is 0 Å². The largest absolute Gasteiger partial charge is 0.352 e. The predicted molar refractivity (Wildman–Crippen MR) is 105 cm³/mol. The maximum Gasteiger partial charge on any atom is 0.251 e. The van der Waals surface area contributed by atoms with Gasteiger partial charge in [0.15, 0.2) is 0 Å². The highest BCUT2D eigenvalue weighted by Gasteiger charge is 2.17. The molecule has 2 saturated heterocycles. The van der Waals surface area contributed by atoms with Crippen LogP contribution in [0.1, 0.15) is 33.3 Å². The summed E-state index contributed by atoms with van der Waals surface area (Å²) in [5.74, 6) is 2.53. The first-order valence-corrected chi connectivity index (χ1v) is 11.0. The number of amides is 1. The monoisotopic (exact) mass is 365 g/mol. The zero-order chi connectivity index (χ0) is 16.6. The minimum atomic E-state index is 0.0470. The van der Waals surface area contributed by atoms with E-state index < -0.39 is 0 Å². The fourth-order valence-electron chi connectivity index (χ4n) is 3.01. The molecule has 0 aromatic heterocycles. The lowest BCUT2D eigenvalue weighted by Crippen LogP contribution is -2.44. The van der Waals surface area contributed by atoms with E-state index in [-0.39, 0.29) is 5.91 Å². The second kappa shape index (κ2) is 9.70. The summed E-state index contributed by atoms with van der Waals surface area (Å²) in [4.78, 5) is 14.7. The van der Waals surface area contributed by atoms with Gasteiger partial charge in [-0.15, -0.1) is 23.5 Å². The third-order valence-corrected chi connectivity index (χ3v) is 7.43. The van der Waals surface area contributed by atoms with E-state index in [1.807, 2.05) is 35.7 Å². The topological polar surface area (TPSA) is 44.4 Å². The van der Waals surface area contributed by atoms with E-state index in [1.54, 1.807) is 0 Å². The van der Waals surface area contributed by atoms with Gasteiger partial charge in [0.25, 0.3) is 5.91 Å². The minimum absolute atomic E-state index is 0.0470. The zero-order valence-electron chi connectivity index (χ0n) is 14.1. The number of carbonyl (C=O) groups excluding carboxylic acids is 1. The standard InChI is InChI=1S/C18H27N3OS2/c22-17(20-7-1-10-21-11-8-19-9-12-21)15-3-5-16(6-4-15)18-23-13-2-14-24-18/h3-6,18-19H,1-2,7-14H2,(H,20,22). The van der Waals surface area contributed by atoms with Crippen LogP contribution in [0.25, 0.3) is 0 Å². The first kappa shape index (κ1) is 18.1. The molecule has 0 aliphatic carbocycles. The molecule has 0 spiro atoms. The Morgan fingerprint density at radius 3 is 2.58 bits per heavy atom. The van der Waals surface area contributed by atoms with Gasteiger partial charge in [-0.05, 0) is 48.6 Å². The highest BCUT2D eigenvalue weighted by molar-refractivity contribution is 8.16. The highest BCUT2D eigenvalue weighted by atomic mass is 32.2. The van der Waals surface area contributed by atoms with Crippen LogP contribution < -0.4 is 10.6 Å². The van der Waals surface area contributed by atoms with Gasteiger partial charge in [0.05, 0.1) is 4.58 Å². The van der Waals surface area contributed by atoms with Crippen molar-refractivity contribution >= 4 is 29.4 Å². The van der Waals surface area contributed by atoms with Gasteiger partial charge in [0.1, 0.15) is 0 Å². The van der Waals surface area contributed by atoms with Gasteiger partial charge in [-0.25, -0.2) is 0 Å². The number of thioether (sulfide) groups is 2. The number of benzene rings is 1. The van der Waals surface area contributed by atoms with E-state index in [4.69, 9.17) is 0 Å². The molecule has 2 heterocycles. The minimum Gasteiger partial charge on any atom is -0.352 e. The van der Waals surface area contributed by atoms with Gasteiger partial charge < -0.3 is 15.5 Å². The van der Waals surface area contributed by atoms with Crippen molar-refractivity contribution in [3.8, 4) is 0 Å². The highest BCUT2D eigenvalue weighted by Crippen LogP contribution is 2.43. The van der Waals surface area contributed by atoms with Crippen LogP contribution in [0.5, 0.6) is 0 Å². The molecule has 1 amide bonds. The summed E-state index contributed by atoms with van der Waals surface area (Å²) in [6.45, 7) is 6.21. The van der Waals surface area contributed by atoms with Gasteiger partial charge in [-0.3, -0.25) is 4.79 Å². The van der Waals surface area contributed by atoms with Crippen LogP contribution in [0.2, 0.25) is 0 Å². The summed E-state index contributed by atoms with van der Waals surface area (Å²) in [6, 6.07) is 8.17. The number of rotatable bonds is 6. The molecule has 2 aliphatic heterocycles. The van der Waals surface area contributed by atoms with Crippen LogP contribution >= 0.6 is 23.5 Å². The normalized spacial score (nSPS) is 20.0. The molecule has 2 N–H and O–H groups in total. The maximum absolute atomic E-state index is 12.2. The summed E-state index contributed by atoms with van der Waals surface area (Å²) < 4.78 is 0.537. The summed E-state index contributed by atoms with van der Waals surface area (Å²) in [5, 5.41) is 6.40. The number of hydrogen-bond donors (Lipinski definition) is 2. The lowest BCUT2D eigenvalue weighted by Gasteiger charge is -2.27.